The lowest BCUT2D eigenvalue weighted by Gasteiger charge is -2.26. The number of rotatable bonds is 8. The maximum absolute atomic E-state index is 14.5. The van der Waals surface area contributed by atoms with E-state index >= 15 is 0 Å². The monoisotopic (exact) mass is 412 g/mol. The number of hydrogen-bond acceptors (Lipinski definition) is 3. The summed E-state index contributed by atoms with van der Waals surface area (Å²) in [7, 11) is 0. The zero-order chi connectivity index (χ0) is 21.3. The van der Waals surface area contributed by atoms with Crippen LogP contribution in [0.3, 0.4) is 0 Å². The number of halogens is 1. The van der Waals surface area contributed by atoms with Crippen molar-refractivity contribution in [3.05, 3.63) is 53.8 Å². The van der Waals surface area contributed by atoms with Gasteiger partial charge in [-0.25, -0.2) is 9.18 Å². The average molecular weight is 413 g/mol. The van der Waals surface area contributed by atoms with Crippen molar-refractivity contribution in [2.45, 2.75) is 32.1 Å². The number of benzene rings is 2. The van der Waals surface area contributed by atoms with E-state index in [2.05, 4.69) is 15.5 Å². The molecule has 1 saturated heterocycles. The van der Waals surface area contributed by atoms with Crippen LogP contribution in [0.15, 0.2) is 42.5 Å². The zero-order valence-electron chi connectivity index (χ0n) is 17.1. The van der Waals surface area contributed by atoms with E-state index in [-0.39, 0.29) is 5.69 Å². The van der Waals surface area contributed by atoms with Gasteiger partial charge in [0, 0.05) is 12.1 Å². The van der Waals surface area contributed by atoms with Crippen molar-refractivity contribution in [2.75, 3.05) is 31.5 Å². The number of amides is 3. The molecule has 3 amide bonds. The number of anilines is 1. The molecule has 0 aromatic heterocycles. The summed E-state index contributed by atoms with van der Waals surface area (Å²) in [6.07, 6.45) is 5.81. The van der Waals surface area contributed by atoms with Gasteiger partial charge in [-0.2, -0.15) is 0 Å². The predicted molar refractivity (Wildman–Crippen MR) is 117 cm³/mol. The third-order valence-corrected chi connectivity index (χ3v) is 5.33. The van der Waals surface area contributed by atoms with Crippen molar-refractivity contribution in [3.8, 4) is 11.1 Å². The van der Waals surface area contributed by atoms with E-state index in [4.69, 9.17) is 5.73 Å². The summed E-state index contributed by atoms with van der Waals surface area (Å²) in [6.45, 7) is 3.97. The molecule has 2 aromatic rings. The minimum absolute atomic E-state index is 0.107. The number of primary amides is 1. The number of carbonyl (C=O) groups is 2. The van der Waals surface area contributed by atoms with Crippen molar-refractivity contribution < 1.29 is 14.0 Å². The van der Waals surface area contributed by atoms with E-state index in [0.29, 0.717) is 23.2 Å². The van der Waals surface area contributed by atoms with Gasteiger partial charge in [0.05, 0.1) is 5.69 Å². The molecule has 0 saturated carbocycles. The second kappa shape index (κ2) is 10.7. The first-order chi connectivity index (χ1) is 14.5. The molecular weight excluding hydrogens is 383 g/mol. The van der Waals surface area contributed by atoms with Gasteiger partial charge in [-0.05, 0) is 80.7 Å². The van der Waals surface area contributed by atoms with Crippen LogP contribution in [0.25, 0.3) is 11.1 Å². The van der Waals surface area contributed by atoms with Gasteiger partial charge < -0.3 is 21.3 Å². The first kappa shape index (κ1) is 21.8. The lowest BCUT2D eigenvalue weighted by atomic mass is 10.0. The predicted octanol–water partition coefficient (Wildman–Crippen LogP) is 3.98. The summed E-state index contributed by atoms with van der Waals surface area (Å²) < 4.78 is 14.5. The number of hydrogen-bond donors (Lipinski definition) is 3. The van der Waals surface area contributed by atoms with Crippen LogP contribution >= 0.6 is 0 Å². The molecular formula is C23H29FN4O2. The van der Waals surface area contributed by atoms with Gasteiger partial charge in [0.1, 0.15) is 5.82 Å². The van der Waals surface area contributed by atoms with Crippen LogP contribution in [0.2, 0.25) is 0 Å². The first-order valence-corrected chi connectivity index (χ1v) is 10.5. The molecule has 3 rings (SSSR count). The van der Waals surface area contributed by atoms with Crippen molar-refractivity contribution in [2.24, 2.45) is 5.73 Å². The van der Waals surface area contributed by atoms with E-state index in [9.17, 15) is 14.0 Å². The normalized spacial score (nSPS) is 14.3. The Labute approximate surface area is 176 Å². The molecule has 0 atom stereocenters. The van der Waals surface area contributed by atoms with Crippen molar-refractivity contribution in [1.29, 1.82) is 0 Å². The summed E-state index contributed by atoms with van der Waals surface area (Å²) in [5, 5.41) is 5.32. The smallest absolute Gasteiger partial charge is 0.319 e. The van der Waals surface area contributed by atoms with Gasteiger partial charge in [0.25, 0.3) is 0 Å². The molecule has 0 unspecified atom stereocenters. The maximum Gasteiger partial charge on any atom is 0.319 e. The molecule has 0 spiro atoms. The third-order valence-electron chi connectivity index (χ3n) is 5.33. The topological polar surface area (TPSA) is 87.5 Å². The Kier molecular flexibility index (Phi) is 7.79. The Hall–Kier alpha value is -2.93. The number of likely N-dealkylation sites (tertiary alicyclic amines) is 1. The molecule has 1 aliphatic heterocycles. The molecule has 7 heteroatoms. The van der Waals surface area contributed by atoms with Gasteiger partial charge in [-0.3, -0.25) is 4.79 Å². The molecule has 2 aromatic carbocycles. The standard InChI is InChI=1S/C23H29FN4O2/c24-20-16-18(17-7-6-8-19(15-17)22(25)29)9-10-21(20)27-23(30)26-11-2-5-14-28-12-3-1-4-13-28/h6-10,15-16H,1-5,11-14H2,(H2,25,29)(H2,26,27,30). The van der Waals surface area contributed by atoms with Crippen molar-refractivity contribution in [1.82, 2.24) is 10.2 Å². The van der Waals surface area contributed by atoms with Crippen LogP contribution in [0.1, 0.15) is 42.5 Å². The van der Waals surface area contributed by atoms with Crippen LogP contribution in [-0.4, -0.2) is 43.0 Å². The highest BCUT2D eigenvalue weighted by Gasteiger charge is 2.11. The Morgan fingerprint density at radius 2 is 1.77 bits per heavy atom. The van der Waals surface area contributed by atoms with Crippen LogP contribution in [0, 0.1) is 5.82 Å². The SMILES string of the molecule is NC(=O)c1cccc(-c2ccc(NC(=O)NCCCCN3CCCCC3)c(F)c2)c1. The van der Waals surface area contributed by atoms with Crippen LogP contribution < -0.4 is 16.4 Å². The minimum Gasteiger partial charge on any atom is -0.366 e. The number of urea groups is 1. The summed E-state index contributed by atoms with van der Waals surface area (Å²) in [6, 6.07) is 10.8. The lowest BCUT2D eigenvalue weighted by molar-refractivity contribution is 0.100. The maximum atomic E-state index is 14.5. The lowest BCUT2D eigenvalue weighted by Crippen LogP contribution is -2.32. The van der Waals surface area contributed by atoms with Crippen molar-refractivity contribution in [3.63, 3.8) is 0 Å². The van der Waals surface area contributed by atoms with Gasteiger partial charge >= 0.3 is 6.03 Å². The highest BCUT2D eigenvalue weighted by Crippen LogP contribution is 2.25. The Bertz CT molecular complexity index is 881. The number of nitrogens with one attached hydrogen (secondary N) is 2. The molecule has 1 heterocycles. The number of nitrogens with zero attached hydrogens (tertiary/aromatic N) is 1. The van der Waals surface area contributed by atoms with Crippen LogP contribution in [0.5, 0.6) is 0 Å². The third kappa shape index (κ3) is 6.29. The molecule has 1 aliphatic rings. The molecule has 6 nitrogen and oxygen atoms in total. The average Bonchev–Trinajstić information content (AvgIpc) is 2.75. The highest BCUT2D eigenvalue weighted by molar-refractivity contribution is 5.94. The van der Waals surface area contributed by atoms with Crippen LogP contribution in [-0.2, 0) is 0 Å². The molecule has 0 bridgehead atoms. The van der Waals surface area contributed by atoms with E-state index in [1.807, 2.05) is 0 Å². The fourth-order valence-corrected chi connectivity index (χ4v) is 3.66. The van der Waals surface area contributed by atoms with Gasteiger partial charge in [-0.1, -0.05) is 24.6 Å². The summed E-state index contributed by atoms with van der Waals surface area (Å²) in [4.78, 5) is 25.9. The quantitative estimate of drug-likeness (QED) is 0.573. The second-order valence-electron chi connectivity index (χ2n) is 7.63. The minimum atomic E-state index is -0.544. The largest absolute Gasteiger partial charge is 0.366 e. The zero-order valence-corrected chi connectivity index (χ0v) is 17.1. The number of nitrogens with two attached hydrogens (primary N) is 1. The first-order valence-electron chi connectivity index (χ1n) is 10.5. The Balaban J connectivity index is 1.46. The summed E-state index contributed by atoms with van der Waals surface area (Å²) in [5.74, 6) is -1.08. The van der Waals surface area contributed by atoms with E-state index in [1.165, 1.54) is 44.5 Å². The van der Waals surface area contributed by atoms with Crippen molar-refractivity contribution >= 4 is 17.6 Å². The molecule has 4 N–H and O–H groups in total. The second-order valence-corrected chi connectivity index (χ2v) is 7.63. The van der Waals surface area contributed by atoms with E-state index < -0.39 is 17.8 Å². The Morgan fingerprint density at radius 1 is 1.00 bits per heavy atom. The van der Waals surface area contributed by atoms with Gasteiger partial charge in [0.2, 0.25) is 5.91 Å². The molecule has 0 radical (unpaired) electrons. The Morgan fingerprint density at radius 3 is 2.50 bits per heavy atom. The number of carbonyl (C=O) groups excluding carboxylic acids is 2. The fourth-order valence-electron chi connectivity index (χ4n) is 3.66. The van der Waals surface area contributed by atoms with Crippen LogP contribution in [0.4, 0.5) is 14.9 Å². The molecule has 30 heavy (non-hydrogen) atoms. The van der Waals surface area contributed by atoms with Gasteiger partial charge in [-0.15, -0.1) is 0 Å². The highest BCUT2D eigenvalue weighted by atomic mass is 19.1. The molecule has 1 fully saturated rings. The number of piperidine rings is 1. The summed E-state index contributed by atoms with van der Waals surface area (Å²) in [5.41, 5.74) is 7.03. The van der Waals surface area contributed by atoms with E-state index in [0.717, 1.165) is 19.4 Å². The van der Waals surface area contributed by atoms with E-state index in [1.54, 1.807) is 30.3 Å². The molecule has 0 aliphatic carbocycles. The fraction of sp³-hybridized carbons (Fsp3) is 0.391. The number of unbranched alkanes of at least 4 members (excludes halogenated alkanes) is 1. The molecule has 160 valence electrons. The van der Waals surface area contributed by atoms with Gasteiger partial charge in [0.15, 0.2) is 0 Å². The summed E-state index contributed by atoms with van der Waals surface area (Å²) >= 11 is 0.